The topological polar surface area (TPSA) is 28.7 Å². The number of fused-ring (bicyclic) bond motifs is 1. The Morgan fingerprint density at radius 1 is 1.50 bits per heavy atom. The second-order valence-electron chi connectivity index (χ2n) is 2.63. The van der Waals surface area contributed by atoms with Crippen molar-refractivity contribution in [2.24, 2.45) is 0 Å². The molecule has 0 saturated heterocycles. The van der Waals surface area contributed by atoms with Crippen molar-refractivity contribution in [1.29, 1.82) is 0 Å². The van der Waals surface area contributed by atoms with Gasteiger partial charge in [-0.05, 0) is 35.0 Å². The van der Waals surface area contributed by atoms with Gasteiger partial charge >= 0.3 is 0 Å². The number of hydrogen-bond donors (Lipinski definition) is 1. The molecule has 0 atom stereocenters. The first-order valence-corrected chi connectivity index (χ1v) is 4.65. The third-order valence-corrected chi connectivity index (χ3v) is 2.59. The molecule has 0 aliphatic carbocycles. The van der Waals surface area contributed by atoms with Crippen molar-refractivity contribution in [2.45, 2.75) is 6.92 Å². The molecule has 4 heteroatoms. The summed E-state index contributed by atoms with van der Waals surface area (Å²) < 4.78 is 0.925. The van der Waals surface area contributed by atoms with Crippen LogP contribution in [0.4, 0.5) is 0 Å². The molecule has 0 bridgehead atoms. The molecule has 1 aromatic heterocycles. The van der Waals surface area contributed by atoms with Crippen LogP contribution in [-0.4, -0.2) is 10.2 Å². The summed E-state index contributed by atoms with van der Waals surface area (Å²) in [6, 6.07) is 3.74. The van der Waals surface area contributed by atoms with Crippen LogP contribution in [0.1, 0.15) is 5.69 Å². The van der Waals surface area contributed by atoms with Crippen LogP contribution in [0.2, 0.25) is 5.02 Å². The van der Waals surface area contributed by atoms with Gasteiger partial charge in [0.15, 0.2) is 0 Å². The van der Waals surface area contributed by atoms with Gasteiger partial charge in [0.1, 0.15) is 5.52 Å². The summed E-state index contributed by atoms with van der Waals surface area (Å²) in [5.41, 5.74) is 1.96. The number of halogens is 2. The quantitative estimate of drug-likeness (QED) is 0.758. The minimum absolute atomic E-state index is 0.721. The van der Waals surface area contributed by atoms with Crippen molar-refractivity contribution in [1.82, 2.24) is 10.2 Å². The maximum absolute atomic E-state index is 5.88. The summed E-state index contributed by atoms with van der Waals surface area (Å²) in [5.74, 6) is 0. The SMILES string of the molecule is Cc1[nH]nc2c(Br)cc(Cl)cc12. The van der Waals surface area contributed by atoms with Crippen LogP contribution in [0, 0.1) is 6.92 Å². The zero-order valence-corrected chi connectivity index (χ0v) is 8.70. The second kappa shape index (κ2) is 2.75. The number of rotatable bonds is 0. The Kier molecular flexibility index (Phi) is 1.85. The summed E-state index contributed by atoms with van der Waals surface area (Å²) in [6.07, 6.45) is 0. The fourth-order valence-corrected chi connectivity index (χ4v) is 2.06. The molecule has 12 heavy (non-hydrogen) atoms. The fraction of sp³-hybridized carbons (Fsp3) is 0.125. The predicted octanol–water partition coefficient (Wildman–Crippen LogP) is 3.29. The number of benzene rings is 1. The number of nitrogens with zero attached hydrogens (tertiary/aromatic N) is 1. The van der Waals surface area contributed by atoms with Gasteiger partial charge in [-0.15, -0.1) is 0 Å². The van der Waals surface area contributed by atoms with Gasteiger partial charge in [-0.3, -0.25) is 5.10 Å². The molecule has 0 radical (unpaired) electrons. The zero-order chi connectivity index (χ0) is 8.72. The summed E-state index contributed by atoms with van der Waals surface area (Å²) in [7, 11) is 0. The third kappa shape index (κ3) is 1.13. The minimum Gasteiger partial charge on any atom is -0.282 e. The Morgan fingerprint density at radius 2 is 2.25 bits per heavy atom. The lowest BCUT2D eigenvalue weighted by Gasteiger charge is -1.94. The molecule has 0 saturated carbocycles. The molecule has 0 spiro atoms. The molecular weight excluding hydrogens is 239 g/mol. The van der Waals surface area contributed by atoms with E-state index < -0.39 is 0 Å². The van der Waals surface area contributed by atoms with Crippen LogP contribution >= 0.6 is 27.5 Å². The van der Waals surface area contributed by atoms with E-state index in [9.17, 15) is 0 Å². The molecule has 1 N–H and O–H groups in total. The molecular formula is C8H6BrClN2. The number of aromatic nitrogens is 2. The molecule has 0 aliphatic rings. The van der Waals surface area contributed by atoms with Crippen LogP contribution in [0.15, 0.2) is 16.6 Å². The van der Waals surface area contributed by atoms with Gasteiger partial charge in [0.05, 0.1) is 0 Å². The highest BCUT2D eigenvalue weighted by Gasteiger charge is 2.05. The first-order chi connectivity index (χ1) is 5.68. The highest BCUT2D eigenvalue weighted by molar-refractivity contribution is 9.10. The first-order valence-electron chi connectivity index (χ1n) is 3.48. The lowest BCUT2D eigenvalue weighted by atomic mass is 10.2. The first kappa shape index (κ1) is 8.08. The van der Waals surface area contributed by atoms with Crippen LogP contribution in [0.5, 0.6) is 0 Å². The molecule has 1 aromatic carbocycles. The van der Waals surface area contributed by atoms with Gasteiger partial charge in [0.2, 0.25) is 0 Å². The Bertz CT molecular complexity index is 436. The van der Waals surface area contributed by atoms with E-state index in [-0.39, 0.29) is 0 Å². The third-order valence-electron chi connectivity index (χ3n) is 1.77. The van der Waals surface area contributed by atoms with Crippen LogP contribution < -0.4 is 0 Å². The lowest BCUT2D eigenvalue weighted by molar-refractivity contribution is 1.07. The smallest absolute Gasteiger partial charge is 0.107 e. The maximum atomic E-state index is 5.88. The van der Waals surface area contributed by atoms with E-state index in [1.807, 2.05) is 19.1 Å². The average molecular weight is 246 g/mol. The molecule has 2 nitrogen and oxygen atoms in total. The second-order valence-corrected chi connectivity index (χ2v) is 3.92. The maximum Gasteiger partial charge on any atom is 0.107 e. The molecule has 62 valence electrons. The molecule has 1 heterocycles. The number of aromatic amines is 1. The summed E-state index contributed by atoms with van der Waals surface area (Å²) in [4.78, 5) is 0. The molecule has 0 unspecified atom stereocenters. The van der Waals surface area contributed by atoms with Crippen LogP contribution in [-0.2, 0) is 0 Å². The van der Waals surface area contributed by atoms with E-state index in [1.165, 1.54) is 0 Å². The highest BCUT2D eigenvalue weighted by Crippen LogP contribution is 2.27. The largest absolute Gasteiger partial charge is 0.282 e. The van der Waals surface area contributed by atoms with E-state index in [4.69, 9.17) is 11.6 Å². The van der Waals surface area contributed by atoms with Crippen molar-refractivity contribution in [3.8, 4) is 0 Å². The summed E-state index contributed by atoms with van der Waals surface area (Å²) in [5, 5.41) is 8.82. The van der Waals surface area contributed by atoms with Crippen molar-refractivity contribution in [3.05, 3.63) is 27.3 Å². The van der Waals surface area contributed by atoms with Gasteiger partial charge in [0, 0.05) is 20.6 Å². The normalized spacial score (nSPS) is 10.9. The van der Waals surface area contributed by atoms with Crippen molar-refractivity contribution < 1.29 is 0 Å². The van der Waals surface area contributed by atoms with E-state index in [0.717, 1.165) is 26.1 Å². The monoisotopic (exact) mass is 244 g/mol. The van der Waals surface area contributed by atoms with E-state index >= 15 is 0 Å². The molecule has 0 aliphatic heterocycles. The highest BCUT2D eigenvalue weighted by atomic mass is 79.9. The number of nitrogens with one attached hydrogen (secondary N) is 1. The fourth-order valence-electron chi connectivity index (χ4n) is 1.17. The molecule has 2 rings (SSSR count). The zero-order valence-electron chi connectivity index (χ0n) is 6.36. The van der Waals surface area contributed by atoms with Crippen LogP contribution in [0.25, 0.3) is 10.9 Å². The number of H-pyrrole nitrogens is 1. The van der Waals surface area contributed by atoms with Gasteiger partial charge in [0.25, 0.3) is 0 Å². The van der Waals surface area contributed by atoms with Gasteiger partial charge in [-0.25, -0.2) is 0 Å². The Balaban J connectivity index is 2.92. The van der Waals surface area contributed by atoms with Crippen molar-refractivity contribution in [3.63, 3.8) is 0 Å². The minimum atomic E-state index is 0.721. The number of aryl methyl sites for hydroxylation is 1. The molecule has 0 fully saturated rings. The van der Waals surface area contributed by atoms with Crippen molar-refractivity contribution >= 4 is 38.4 Å². The lowest BCUT2D eigenvalue weighted by Crippen LogP contribution is -1.72. The van der Waals surface area contributed by atoms with Gasteiger partial charge < -0.3 is 0 Å². The van der Waals surface area contributed by atoms with E-state index in [1.54, 1.807) is 0 Å². The van der Waals surface area contributed by atoms with E-state index in [0.29, 0.717) is 0 Å². The molecule has 0 amide bonds. The van der Waals surface area contributed by atoms with Crippen molar-refractivity contribution in [2.75, 3.05) is 0 Å². The predicted molar refractivity (Wildman–Crippen MR) is 53.5 cm³/mol. The van der Waals surface area contributed by atoms with Gasteiger partial charge in [-0.2, -0.15) is 5.10 Å². The molecule has 2 aromatic rings. The average Bonchev–Trinajstić information content (AvgIpc) is 2.33. The summed E-state index contributed by atoms with van der Waals surface area (Å²) >= 11 is 9.28. The Labute approximate surface area is 83.0 Å². The van der Waals surface area contributed by atoms with Crippen LogP contribution in [0.3, 0.4) is 0 Å². The standard InChI is InChI=1S/C8H6BrClN2/c1-4-6-2-5(10)3-7(9)8(6)12-11-4/h2-3H,1H3,(H,11,12). The number of hydrogen-bond acceptors (Lipinski definition) is 1. The summed E-state index contributed by atoms with van der Waals surface area (Å²) in [6.45, 7) is 1.97. The Hall–Kier alpha value is -0.540. The Morgan fingerprint density at radius 3 is 3.00 bits per heavy atom. The van der Waals surface area contributed by atoms with Gasteiger partial charge in [-0.1, -0.05) is 11.6 Å². The van der Waals surface area contributed by atoms with E-state index in [2.05, 4.69) is 26.1 Å².